The van der Waals surface area contributed by atoms with Crippen LogP contribution in [-0.2, 0) is 4.79 Å². The number of hydrogen-bond donors (Lipinski definition) is 3. The lowest BCUT2D eigenvalue weighted by Crippen LogP contribution is -2.35. The number of aromatic nitrogens is 1. The van der Waals surface area contributed by atoms with Crippen LogP contribution in [0.25, 0.3) is 10.2 Å². The highest BCUT2D eigenvalue weighted by atomic mass is 32.1. The Morgan fingerprint density at radius 1 is 1.60 bits per heavy atom. The van der Waals surface area contributed by atoms with Crippen LogP contribution in [-0.4, -0.2) is 41.8 Å². The average molecular weight is 293 g/mol. The molecular formula is C13H15N3O3S. The second kappa shape index (κ2) is 5.35. The first-order valence-corrected chi connectivity index (χ1v) is 7.14. The summed E-state index contributed by atoms with van der Waals surface area (Å²) >= 11 is 1.40. The predicted molar refractivity (Wildman–Crippen MR) is 77.2 cm³/mol. The molecule has 6 nitrogen and oxygen atoms in total. The Morgan fingerprint density at radius 2 is 2.45 bits per heavy atom. The number of methoxy groups -OCH3 is 1. The van der Waals surface area contributed by atoms with E-state index in [0.717, 1.165) is 16.0 Å². The lowest BCUT2D eigenvalue weighted by atomic mass is 10.2. The molecule has 1 fully saturated rings. The van der Waals surface area contributed by atoms with E-state index in [1.165, 1.54) is 11.3 Å². The highest BCUT2D eigenvalue weighted by Crippen LogP contribution is 2.29. The minimum atomic E-state index is -0.453. The second-order valence-corrected chi connectivity index (χ2v) is 5.72. The minimum absolute atomic E-state index is 0.160. The van der Waals surface area contributed by atoms with E-state index in [9.17, 15) is 9.90 Å². The molecule has 0 saturated carbocycles. The van der Waals surface area contributed by atoms with Gasteiger partial charge in [0.05, 0.1) is 29.5 Å². The summed E-state index contributed by atoms with van der Waals surface area (Å²) < 4.78 is 6.12. The van der Waals surface area contributed by atoms with Gasteiger partial charge in [-0.2, -0.15) is 0 Å². The van der Waals surface area contributed by atoms with Gasteiger partial charge < -0.3 is 20.5 Å². The van der Waals surface area contributed by atoms with Gasteiger partial charge in [-0.15, -0.1) is 0 Å². The predicted octanol–water partition coefficient (Wildman–Crippen LogP) is 0.966. The van der Waals surface area contributed by atoms with E-state index in [1.807, 2.05) is 18.2 Å². The van der Waals surface area contributed by atoms with Crippen molar-refractivity contribution in [1.29, 1.82) is 0 Å². The van der Waals surface area contributed by atoms with Crippen molar-refractivity contribution in [3.05, 3.63) is 18.2 Å². The molecule has 3 N–H and O–H groups in total. The Labute approximate surface area is 119 Å². The summed E-state index contributed by atoms with van der Waals surface area (Å²) in [7, 11) is 1.61. The molecule has 1 saturated heterocycles. The van der Waals surface area contributed by atoms with Crippen molar-refractivity contribution < 1.29 is 14.6 Å². The highest BCUT2D eigenvalue weighted by Gasteiger charge is 2.28. The minimum Gasteiger partial charge on any atom is -0.497 e. The van der Waals surface area contributed by atoms with Crippen LogP contribution in [0, 0.1) is 0 Å². The van der Waals surface area contributed by atoms with Crippen molar-refractivity contribution in [2.45, 2.75) is 18.6 Å². The molecule has 2 atom stereocenters. The van der Waals surface area contributed by atoms with Crippen molar-refractivity contribution in [3.8, 4) is 5.75 Å². The molecule has 7 heteroatoms. The average Bonchev–Trinajstić information content (AvgIpc) is 3.03. The molecule has 0 bridgehead atoms. The Kier molecular flexibility index (Phi) is 3.56. The Balaban J connectivity index is 1.75. The van der Waals surface area contributed by atoms with Crippen molar-refractivity contribution in [3.63, 3.8) is 0 Å². The maximum Gasteiger partial charge on any atom is 0.243 e. The standard InChI is InChI=1S/C13H15N3O3S/c1-19-8-2-3-9-11(5-8)20-13(15-9)16-12(18)10-4-7(17)6-14-10/h2-3,5,7,10,14,17H,4,6H2,1H3,(H,15,16,18). The molecule has 3 rings (SSSR count). The van der Waals surface area contributed by atoms with Crippen LogP contribution in [0.5, 0.6) is 5.75 Å². The first kappa shape index (κ1) is 13.3. The topological polar surface area (TPSA) is 83.5 Å². The molecule has 2 unspecified atom stereocenters. The summed E-state index contributed by atoms with van der Waals surface area (Å²) in [6, 6.07) is 5.23. The molecular weight excluding hydrogens is 278 g/mol. The van der Waals surface area contributed by atoms with Gasteiger partial charge in [-0.3, -0.25) is 4.79 Å². The van der Waals surface area contributed by atoms with Crippen molar-refractivity contribution >= 4 is 32.6 Å². The molecule has 0 spiro atoms. The van der Waals surface area contributed by atoms with Gasteiger partial charge in [-0.25, -0.2) is 4.98 Å². The van der Waals surface area contributed by atoms with Crippen LogP contribution < -0.4 is 15.4 Å². The highest BCUT2D eigenvalue weighted by molar-refractivity contribution is 7.22. The van der Waals surface area contributed by atoms with E-state index < -0.39 is 6.10 Å². The largest absolute Gasteiger partial charge is 0.497 e. The first-order valence-electron chi connectivity index (χ1n) is 6.32. The fourth-order valence-electron chi connectivity index (χ4n) is 2.19. The molecule has 1 aliphatic rings. The number of carbonyl (C=O) groups is 1. The van der Waals surface area contributed by atoms with Crippen LogP contribution >= 0.6 is 11.3 Å². The molecule has 1 aromatic carbocycles. The second-order valence-electron chi connectivity index (χ2n) is 4.69. The number of aliphatic hydroxyl groups is 1. The van der Waals surface area contributed by atoms with E-state index >= 15 is 0 Å². The van der Waals surface area contributed by atoms with E-state index in [1.54, 1.807) is 7.11 Å². The number of rotatable bonds is 3. The molecule has 2 heterocycles. The number of fused-ring (bicyclic) bond motifs is 1. The zero-order valence-corrected chi connectivity index (χ0v) is 11.7. The maximum atomic E-state index is 12.0. The number of β-amino-alcohol motifs (C(OH)–C–C–N with tert-alkyl or cyclic N) is 1. The van der Waals surface area contributed by atoms with E-state index in [2.05, 4.69) is 15.6 Å². The number of ether oxygens (including phenoxy) is 1. The van der Waals surface area contributed by atoms with E-state index in [-0.39, 0.29) is 11.9 Å². The normalized spacial score (nSPS) is 22.1. The molecule has 0 radical (unpaired) electrons. The Bertz CT molecular complexity index is 643. The number of thiazole rings is 1. The van der Waals surface area contributed by atoms with E-state index in [0.29, 0.717) is 18.1 Å². The summed E-state index contributed by atoms with van der Waals surface area (Å²) in [5.41, 5.74) is 0.825. The van der Waals surface area contributed by atoms with Gasteiger partial charge in [-0.1, -0.05) is 11.3 Å². The summed E-state index contributed by atoms with van der Waals surface area (Å²) in [6.45, 7) is 0.454. The monoisotopic (exact) mass is 293 g/mol. The van der Waals surface area contributed by atoms with Gasteiger partial charge in [0.15, 0.2) is 5.13 Å². The number of amides is 1. The number of carbonyl (C=O) groups excluding carboxylic acids is 1. The molecule has 1 aliphatic heterocycles. The van der Waals surface area contributed by atoms with Gasteiger partial charge in [0.25, 0.3) is 0 Å². The molecule has 1 amide bonds. The third-order valence-electron chi connectivity index (χ3n) is 3.25. The Morgan fingerprint density at radius 3 is 3.15 bits per heavy atom. The fourth-order valence-corrected chi connectivity index (χ4v) is 3.09. The van der Waals surface area contributed by atoms with Crippen LogP contribution in [0.2, 0.25) is 0 Å². The third-order valence-corrected chi connectivity index (χ3v) is 4.18. The SMILES string of the molecule is COc1ccc2nc(NC(=O)C3CC(O)CN3)sc2c1. The zero-order chi connectivity index (χ0) is 14.1. The van der Waals surface area contributed by atoms with Crippen molar-refractivity contribution in [1.82, 2.24) is 10.3 Å². The molecule has 1 aromatic heterocycles. The van der Waals surface area contributed by atoms with Gasteiger partial charge in [0, 0.05) is 6.54 Å². The quantitative estimate of drug-likeness (QED) is 0.785. The molecule has 106 valence electrons. The number of nitrogens with zero attached hydrogens (tertiary/aromatic N) is 1. The van der Waals surface area contributed by atoms with E-state index in [4.69, 9.17) is 4.74 Å². The van der Waals surface area contributed by atoms with Crippen LogP contribution in [0.15, 0.2) is 18.2 Å². The number of nitrogens with one attached hydrogen (secondary N) is 2. The zero-order valence-electron chi connectivity index (χ0n) is 10.9. The number of hydrogen-bond acceptors (Lipinski definition) is 6. The number of aliphatic hydroxyl groups excluding tert-OH is 1. The lowest BCUT2D eigenvalue weighted by Gasteiger charge is -2.08. The van der Waals surface area contributed by atoms with Crippen LogP contribution in [0.3, 0.4) is 0 Å². The summed E-state index contributed by atoms with van der Waals surface area (Å²) in [4.78, 5) is 16.4. The molecule has 2 aromatic rings. The van der Waals surface area contributed by atoms with Crippen LogP contribution in [0.1, 0.15) is 6.42 Å². The smallest absolute Gasteiger partial charge is 0.243 e. The fraction of sp³-hybridized carbons (Fsp3) is 0.385. The third kappa shape index (κ3) is 2.60. The molecule has 0 aliphatic carbocycles. The summed E-state index contributed by atoms with van der Waals surface area (Å²) in [6.07, 6.45) is -0.0183. The first-order chi connectivity index (χ1) is 9.65. The summed E-state index contributed by atoms with van der Waals surface area (Å²) in [5, 5.41) is 15.7. The van der Waals surface area contributed by atoms with Crippen LogP contribution in [0.4, 0.5) is 5.13 Å². The van der Waals surface area contributed by atoms with Gasteiger partial charge >= 0.3 is 0 Å². The van der Waals surface area contributed by atoms with Gasteiger partial charge in [0.2, 0.25) is 5.91 Å². The maximum absolute atomic E-state index is 12.0. The number of benzene rings is 1. The van der Waals surface area contributed by atoms with Gasteiger partial charge in [0.1, 0.15) is 5.75 Å². The Hall–Kier alpha value is -1.70. The summed E-state index contributed by atoms with van der Waals surface area (Å²) in [5.74, 6) is 0.604. The van der Waals surface area contributed by atoms with Crippen molar-refractivity contribution in [2.75, 3.05) is 19.0 Å². The molecule has 20 heavy (non-hydrogen) atoms. The lowest BCUT2D eigenvalue weighted by molar-refractivity contribution is -0.117. The van der Waals surface area contributed by atoms with Gasteiger partial charge in [-0.05, 0) is 24.6 Å². The number of anilines is 1. The van der Waals surface area contributed by atoms with Crippen molar-refractivity contribution in [2.24, 2.45) is 0 Å².